The van der Waals surface area contributed by atoms with E-state index in [9.17, 15) is 20.2 Å². The molecule has 0 atom stereocenters. The van der Waals surface area contributed by atoms with Gasteiger partial charge in [-0.2, -0.15) is 0 Å². The van der Waals surface area contributed by atoms with Crippen LogP contribution >= 0.6 is 0 Å². The minimum atomic E-state index is -0.457. The highest BCUT2D eigenvalue weighted by Crippen LogP contribution is 2.21. The molecule has 7 heteroatoms. The number of hydrogen-bond acceptors (Lipinski definition) is 5. The van der Waals surface area contributed by atoms with E-state index in [1.54, 1.807) is 25.1 Å². The number of rotatable bonds is 5. The summed E-state index contributed by atoms with van der Waals surface area (Å²) in [5.41, 5.74) is 2.34. The molecule has 0 fully saturated rings. The van der Waals surface area contributed by atoms with Crippen molar-refractivity contribution in [3.8, 4) is 0 Å². The van der Waals surface area contributed by atoms with E-state index < -0.39 is 9.85 Å². The number of nitrogens with zero attached hydrogens (tertiary/aromatic N) is 2. The summed E-state index contributed by atoms with van der Waals surface area (Å²) in [6, 6.07) is 10.9. The Morgan fingerprint density at radius 3 is 2.14 bits per heavy atom. The van der Waals surface area contributed by atoms with Crippen LogP contribution in [0.3, 0.4) is 0 Å². The minimum absolute atomic E-state index is 0.0289. The van der Waals surface area contributed by atoms with Gasteiger partial charge in [0.25, 0.3) is 11.4 Å². The molecule has 2 aromatic carbocycles. The molecule has 108 valence electrons. The third-order valence-electron chi connectivity index (χ3n) is 2.92. The maximum Gasteiger partial charge on any atom is 0.271 e. The smallest absolute Gasteiger partial charge is 0.271 e. The van der Waals surface area contributed by atoms with Crippen LogP contribution in [0.15, 0.2) is 42.5 Å². The van der Waals surface area contributed by atoms with Crippen LogP contribution < -0.4 is 5.32 Å². The average molecular weight is 287 g/mol. The molecule has 0 aliphatic heterocycles. The lowest BCUT2D eigenvalue weighted by molar-refractivity contribution is -0.385. The highest BCUT2D eigenvalue weighted by Gasteiger charge is 2.08. The number of hydrogen-bond donors (Lipinski definition) is 1. The van der Waals surface area contributed by atoms with Gasteiger partial charge in [-0.25, -0.2) is 0 Å². The van der Waals surface area contributed by atoms with Crippen molar-refractivity contribution >= 4 is 17.1 Å². The van der Waals surface area contributed by atoms with Gasteiger partial charge in [0.05, 0.1) is 9.85 Å². The summed E-state index contributed by atoms with van der Waals surface area (Å²) in [5.74, 6) is 0. The average Bonchev–Trinajstić information content (AvgIpc) is 2.45. The maximum atomic E-state index is 10.8. The molecule has 0 spiro atoms. The SMILES string of the molecule is Cc1cc(NCc2ccc([N+](=O)[O-])cc2)cc([N+](=O)[O-])c1. The molecule has 0 aliphatic rings. The first-order valence-corrected chi connectivity index (χ1v) is 6.19. The van der Waals surface area contributed by atoms with Crippen molar-refractivity contribution < 1.29 is 9.85 Å². The Morgan fingerprint density at radius 1 is 0.952 bits per heavy atom. The summed E-state index contributed by atoms with van der Waals surface area (Å²) in [6.07, 6.45) is 0. The van der Waals surface area contributed by atoms with Crippen molar-refractivity contribution in [2.24, 2.45) is 0 Å². The summed E-state index contributed by atoms with van der Waals surface area (Å²) >= 11 is 0. The largest absolute Gasteiger partial charge is 0.381 e. The highest BCUT2D eigenvalue weighted by atomic mass is 16.6. The lowest BCUT2D eigenvalue weighted by atomic mass is 10.1. The van der Waals surface area contributed by atoms with Gasteiger partial charge < -0.3 is 5.32 Å². The Bertz CT molecular complexity index is 683. The number of anilines is 1. The Balaban J connectivity index is 2.09. The van der Waals surface area contributed by atoms with Crippen LogP contribution in [0.2, 0.25) is 0 Å². The molecule has 1 N–H and O–H groups in total. The second-order valence-electron chi connectivity index (χ2n) is 4.59. The van der Waals surface area contributed by atoms with E-state index in [2.05, 4.69) is 5.32 Å². The van der Waals surface area contributed by atoms with Crippen LogP contribution in [0.1, 0.15) is 11.1 Å². The zero-order valence-electron chi connectivity index (χ0n) is 11.3. The van der Waals surface area contributed by atoms with Crippen LogP contribution in [0, 0.1) is 27.2 Å². The standard InChI is InChI=1S/C14H13N3O4/c1-10-6-12(8-14(7-10)17(20)21)15-9-11-2-4-13(5-3-11)16(18)19/h2-8,15H,9H2,1H3. The molecule has 0 unspecified atom stereocenters. The fourth-order valence-corrected chi connectivity index (χ4v) is 1.91. The first-order chi connectivity index (χ1) is 9.95. The van der Waals surface area contributed by atoms with Crippen LogP contribution in [0.4, 0.5) is 17.1 Å². The van der Waals surface area contributed by atoms with Gasteiger partial charge in [0.15, 0.2) is 0 Å². The van der Waals surface area contributed by atoms with Gasteiger partial charge in [-0.05, 0) is 24.1 Å². The van der Waals surface area contributed by atoms with E-state index in [0.717, 1.165) is 11.1 Å². The molecular weight excluding hydrogens is 274 g/mol. The zero-order valence-corrected chi connectivity index (χ0v) is 11.3. The first kappa shape index (κ1) is 14.4. The van der Waals surface area contributed by atoms with Crippen molar-refractivity contribution in [3.05, 3.63) is 73.8 Å². The van der Waals surface area contributed by atoms with Crippen molar-refractivity contribution in [1.29, 1.82) is 0 Å². The minimum Gasteiger partial charge on any atom is -0.381 e. The van der Waals surface area contributed by atoms with Gasteiger partial charge in [-0.3, -0.25) is 20.2 Å². The van der Waals surface area contributed by atoms with Crippen LogP contribution in [-0.4, -0.2) is 9.85 Å². The maximum absolute atomic E-state index is 10.8. The molecule has 0 saturated carbocycles. The molecular formula is C14H13N3O4. The predicted octanol–water partition coefficient (Wildman–Crippen LogP) is 3.42. The normalized spacial score (nSPS) is 10.1. The van der Waals surface area contributed by atoms with Crippen LogP contribution in [0.5, 0.6) is 0 Å². The molecule has 0 aliphatic carbocycles. The van der Waals surface area contributed by atoms with E-state index >= 15 is 0 Å². The predicted molar refractivity (Wildman–Crippen MR) is 78.3 cm³/mol. The van der Waals surface area contributed by atoms with Crippen molar-refractivity contribution in [1.82, 2.24) is 0 Å². The molecule has 2 rings (SSSR count). The summed E-state index contributed by atoms with van der Waals surface area (Å²) in [6.45, 7) is 2.21. The second kappa shape index (κ2) is 6.00. The van der Waals surface area contributed by atoms with E-state index in [1.807, 2.05) is 0 Å². The van der Waals surface area contributed by atoms with E-state index in [0.29, 0.717) is 12.2 Å². The monoisotopic (exact) mass is 287 g/mol. The zero-order chi connectivity index (χ0) is 15.4. The third kappa shape index (κ3) is 3.75. The Kier molecular flexibility index (Phi) is 4.13. The third-order valence-corrected chi connectivity index (χ3v) is 2.92. The number of nitro groups is 2. The van der Waals surface area contributed by atoms with Gasteiger partial charge in [0.2, 0.25) is 0 Å². The Labute approximate surface area is 120 Å². The number of benzene rings is 2. The van der Waals surface area contributed by atoms with Crippen molar-refractivity contribution in [2.75, 3.05) is 5.32 Å². The number of nitro benzene ring substituents is 2. The highest BCUT2D eigenvalue weighted by molar-refractivity contribution is 5.54. The van der Waals surface area contributed by atoms with Gasteiger partial charge in [-0.1, -0.05) is 12.1 Å². The molecule has 0 aromatic heterocycles. The van der Waals surface area contributed by atoms with Crippen molar-refractivity contribution in [2.45, 2.75) is 13.5 Å². The topological polar surface area (TPSA) is 98.3 Å². The number of nitrogens with one attached hydrogen (secondary N) is 1. The second-order valence-corrected chi connectivity index (χ2v) is 4.59. The van der Waals surface area contributed by atoms with Gasteiger partial charge in [0.1, 0.15) is 0 Å². The molecule has 0 saturated heterocycles. The fourth-order valence-electron chi connectivity index (χ4n) is 1.91. The molecule has 21 heavy (non-hydrogen) atoms. The summed E-state index contributed by atoms with van der Waals surface area (Å²) in [7, 11) is 0. The van der Waals surface area contributed by atoms with Gasteiger partial charge in [0, 0.05) is 36.5 Å². The lowest BCUT2D eigenvalue weighted by Crippen LogP contribution is -2.01. The van der Waals surface area contributed by atoms with E-state index in [1.165, 1.54) is 24.3 Å². The lowest BCUT2D eigenvalue weighted by Gasteiger charge is -2.07. The molecule has 0 heterocycles. The Hall–Kier alpha value is -2.96. The van der Waals surface area contributed by atoms with Crippen LogP contribution in [-0.2, 0) is 6.54 Å². The summed E-state index contributed by atoms with van der Waals surface area (Å²) < 4.78 is 0. The quantitative estimate of drug-likeness (QED) is 0.671. The molecule has 0 bridgehead atoms. The summed E-state index contributed by atoms with van der Waals surface area (Å²) in [4.78, 5) is 20.5. The van der Waals surface area contributed by atoms with E-state index in [-0.39, 0.29) is 11.4 Å². The fraction of sp³-hybridized carbons (Fsp3) is 0.143. The number of non-ortho nitro benzene ring substituents is 2. The summed E-state index contributed by atoms with van der Waals surface area (Å²) in [5, 5.41) is 24.4. The first-order valence-electron chi connectivity index (χ1n) is 6.19. The number of aryl methyl sites for hydroxylation is 1. The van der Waals surface area contributed by atoms with Gasteiger partial charge >= 0.3 is 0 Å². The Morgan fingerprint density at radius 2 is 1.57 bits per heavy atom. The van der Waals surface area contributed by atoms with E-state index in [4.69, 9.17) is 0 Å². The molecule has 0 amide bonds. The van der Waals surface area contributed by atoms with Crippen LogP contribution in [0.25, 0.3) is 0 Å². The van der Waals surface area contributed by atoms with Gasteiger partial charge in [-0.15, -0.1) is 0 Å². The molecule has 7 nitrogen and oxygen atoms in total. The molecule has 0 radical (unpaired) electrons. The molecule has 2 aromatic rings. The van der Waals surface area contributed by atoms with Crippen molar-refractivity contribution in [3.63, 3.8) is 0 Å².